The number of benzene rings is 1. The van der Waals surface area contributed by atoms with E-state index in [9.17, 15) is 0 Å². The molecule has 1 aromatic carbocycles. The van der Waals surface area contributed by atoms with E-state index in [4.69, 9.17) is 0 Å². The van der Waals surface area contributed by atoms with Crippen molar-refractivity contribution in [1.82, 2.24) is 0 Å². The van der Waals surface area contributed by atoms with E-state index in [1.54, 1.807) is 11.1 Å². The van der Waals surface area contributed by atoms with Crippen LogP contribution in [0.3, 0.4) is 0 Å². The molecule has 0 aromatic heterocycles. The number of aryl methyl sites for hydroxylation is 2. The van der Waals surface area contributed by atoms with Crippen LogP contribution < -0.4 is 0 Å². The second-order valence-electron chi connectivity index (χ2n) is 4.94. The molecule has 0 aliphatic heterocycles. The van der Waals surface area contributed by atoms with Crippen LogP contribution in [-0.2, 0) is 0 Å². The molecule has 2 unspecified atom stereocenters. The summed E-state index contributed by atoms with van der Waals surface area (Å²) in [4.78, 5) is 0. The fourth-order valence-electron chi connectivity index (χ4n) is 2.53. The van der Waals surface area contributed by atoms with Crippen molar-refractivity contribution >= 4 is 0 Å². The quantitative estimate of drug-likeness (QED) is 0.569. The minimum absolute atomic E-state index is 0.764. The topological polar surface area (TPSA) is 0 Å². The zero-order valence-electron chi connectivity index (χ0n) is 9.72. The monoisotopic (exact) mass is 188 g/mol. The van der Waals surface area contributed by atoms with Gasteiger partial charge in [-0.15, -0.1) is 0 Å². The Bertz CT molecular complexity index is 314. The second-order valence-corrected chi connectivity index (χ2v) is 4.94. The van der Waals surface area contributed by atoms with Crippen LogP contribution in [0.5, 0.6) is 0 Å². The van der Waals surface area contributed by atoms with E-state index in [0.717, 1.165) is 11.8 Å². The first kappa shape index (κ1) is 9.76. The van der Waals surface area contributed by atoms with Crippen LogP contribution in [0.15, 0.2) is 12.1 Å². The van der Waals surface area contributed by atoms with E-state index in [0.29, 0.717) is 0 Å². The minimum Gasteiger partial charge on any atom is -0.0584 e. The van der Waals surface area contributed by atoms with Crippen molar-refractivity contribution in [2.24, 2.45) is 0 Å². The molecule has 0 saturated heterocycles. The number of rotatable bonds is 0. The summed E-state index contributed by atoms with van der Waals surface area (Å²) >= 11 is 0. The van der Waals surface area contributed by atoms with E-state index in [2.05, 4.69) is 39.8 Å². The van der Waals surface area contributed by atoms with Crippen LogP contribution in [0.2, 0.25) is 0 Å². The van der Waals surface area contributed by atoms with Crippen molar-refractivity contribution in [3.05, 3.63) is 34.4 Å². The van der Waals surface area contributed by atoms with Crippen LogP contribution in [0.25, 0.3) is 0 Å². The van der Waals surface area contributed by atoms with Crippen molar-refractivity contribution in [3.63, 3.8) is 0 Å². The van der Waals surface area contributed by atoms with Crippen molar-refractivity contribution in [3.8, 4) is 0 Å². The standard InChI is InChI=1S/C14H20/c1-9-5-6-10(2)14-8-12(4)11(3)7-13(9)14/h7-10H,5-6H2,1-4H3. The lowest BCUT2D eigenvalue weighted by Crippen LogP contribution is -2.11. The van der Waals surface area contributed by atoms with Gasteiger partial charge >= 0.3 is 0 Å². The highest BCUT2D eigenvalue weighted by Crippen LogP contribution is 2.39. The lowest BCUT2D eigenvalue weighted by atomic mass is 9.77. The number of fused-ring (bicyclic) bond motifs is 1. The molecule has 0 N–H and O–H groups in total. The van der Waals surface area contributed by atoms with E-state index >= 15 is 0 Å². The van der Waals surface area contributed by atoms with Gasteiger partial charge in [0.25, 0.3) is 0 Å². The maximum Gasteiger partial charge on any atom is -0.0187 e. The van der Waals surface area contributed by atoms with Crippen LogP contribution in [0, 0.1) is 13.8 Å². The Hall–Kier alpha value is -0.780. The Balaban J connectivity index is 2.56. The largest absolute Gasteiger partial charge is 0.0584 e. The van der Waals surface area contributed by atoms with Gasteiger partial charge in [0.1, 0.15) is 0 Å². The lowest BCUT2D eigenvalue weighted by Gasteiger charge is -2.28. The van der Waals surface area contributed by atoms with Gasteiger partial charge in [0.15, 0.2) is 0 Å². The molecule has 2 rings (SSSR count). The van der Waals surface area contributed by atoms with Gasteiger partial charge in [0.05, 0.1) is 0 Å². The van der Waals surface area contributed by atoms with Crippen molar-refractivity contribution in [2.75, 3.05) is 0 Å². The third-order valence-electron chi connectivity index (χ3n) is 3.79. The van der Waals surface area contributed by atoms with E-state index in [1.165, 1.54) is 24.0 Å². The second kappa shape index (κ2) is 3.42. The molecule has 1 aliphatic rings. The van der Waals surface area contributed by atoms with E-state index in [1.807, 2.05) is 0 Å². The summed E-state index contributed by atoms with van der Waals surface area (Å²) in [6, 6.07) is 4.82. The van der Waals surface area contributed by atoms with Gasteiger partial charge in [-0.3, -0.25) is 0 Å². The predicted molar refractivity (Wildman–Crippen MR) is 62.0 cm³/mol. The van der Waals surface area contributed by atoms with Crippen LogP contribution in [-0.4, -0.2) is 0 Å². The normalized spacial score (nSPS) is 26.0. The first-order valence-electron chi connectivity index (χ1n) is 5.70. The van der Waals surface area contributed by atoms with Crippen LogP contribution in [0.4, 0.5) is 0 Å². The summed E-state index contributed by atoms with van der Waals surface area (Å²) < 4.78 is 0. The molecule has 1 aliphatic carbocycles. The predicted octanol–water partition coefficient (Wildman–Crippen LogP) is 4.30. The summed E-state index contributed by atoms with van der Waals surface area (Å²) in [7, 11) is 0. The molecule has 0 amide bonds. The Morgan fingerprint density at radius 1 is 0.857 bits per heavy atom. The molecule has 0 nitrogen and oxygen atoms in total. The summed E-state index contributed by atoms with van der Waals surface area (Å²) in [5.41, 5.74) is 6.10. The van der Waals surface area contributed by atoms with Gasteiger partial charge in [0, 0.05) is 0 Å². The molecule has 1 aromatic rings. The Morgan fingerprint density at radius 3 is 1.57 bits per heavy atom. The Morgan fingerprint density at radius 2 is 1.21 bits per heavy atom. The molecule has 76 valence electrons. The Labute approximate surface area is 87.3 Å². The number of hydrogen-bond donors (Lipinski definition) is 0. The molecular weight excluding hydrogens is 168 g/mol. The van der Waals surface area contributed by atoms with Gasteiger partial charge < -0.3 is 0 Å². The Kier molecular flexibility index (Phi) is 2.38. The molecule has 0 spiro atoms. The maximum atomic E-state index is 2.41. The third kappa shape index (κ3) is 1.47. The van der Waals surface area contributed by atoms with Crippen LogP contribution >= 0.6 is 0 Å². The average Bonchev–Trinajstić information content (AvgIpc) is 2.15. The van der Waals surface area contributed by atoms with Crippen LogP contribution in [0.1, 0.15) is 60.8 Å². The summed E-state index contributed by atoms with van der Waals surface area (Å²) in [5, 5.41) is 0. The average molecular weight is 188 g/mol. The summed E-state index contributed by atoms with van der Waals surface area (Å²) in [5.74, 6) is 1.53. The van der Waals surface area contributed by atoms with Gasteiger partial charge in [-0.2, -0.15) is 0 Å². The highest BCUT2D eigenvalue weighted by Gasteiger charge is 2.22. The maximum absolute atomic E-state index is 2.41. The third-order valence-corrected chi connectivity index (χ3v) is 3.79. The molecular formula is C14H20. The van der Waals surface area contributed by atoms with Gasteiger partial charge in [-0.1, -0.05) is 26.0 Å². The van der Waals surface area contributed by atoms with E-state index < -0.39 is 0 Å². The highest BCUT2D eigenvalue weighted by molar-refractivity contribution is 5.42. The smallest absolute Gasteiger partial charge is 0.0187 e. The minimum atomic E-state index is 0.764. The fraction of sp³-hybridized carbons (Fsp3) is 0.571. The molecule has 0 radical (unpaired) electrons. The SMILES string of the molecule is Cc1cc2c(cc1C)C(C)CCC2C. The molecule has 0 fully saturated rings. The molecule has 0 heteroatoms. The molecule has 0 saturated carbocycles. The zero-order chi connectivity index (χ0) is 10.3. The molecule has 0 heterocycles. The fourth-order valence-corrected chi connectivity index (χ4v) is 2.53. The molecule has 14 heavy (non-hydrogen) atoms. The summed E-state index contributed by atoms with van der Waals surface area (Å²) in [6.07, 6.45) is 2.72. The van der Waals surface area contributed by atoms with Crippen molar-refractivity contribution in [2.45, 2.75) is 52.4 Å². The summed E-state index contributed by atoms with van der Waals surface area (Å²) in [6.45, 7) is 9.17. The first-order chi connectivity index (χ1) is 6.59. The van der Waals surface area contributed by atoms with Crippen molar-refractivity contribution in [1.29, 1.82) is 0 Å². The molecule has 0 bridgehead atoms. The zero-order valence-corrected chi connectivity index (χ0v) is 9.72. The van der Waals surface area contributed by atoms with Crippen molar-refractivity contribution < 1.29 is 0 Å². The highest BCUT2D eigenvalue weighted by atomic mass is 14.3. The van der Waals surface area contributed by atoms with Gasteiger partial charge in [-0.25, -0.2) is 0 Å². The van der Waals surface area contributed by atoms with Gasteiger partial charge in [-0.05, 0) is 60.8 Å². The lowest BCUT2D eigenvalue weighted by molar-refractivity contribution is 0.526. The van der Waals surface area contributed by atoms with Gasteiger partial charge in [0.2, 0.25) is 0 Å². The number of hydrogen-bond acceptors (Lipinski definition) is 0. The molecule has 2 atom stereocenters. The first-order valence-corrected chi connectivity index (χ1v) is 5.70. The van der Waals surface area contributed by atoms with E-state index in [-0.39, 0.29) is 0 Å².